The minimum absolute atomic E-state index is 0.108. The van der Waals surface area contributed by atoms with E-state index in [4.69, 9.17) is 11.5 Å². The summed E-state index contributed by atoms with van der Waals surface area (Å²) in [5.74, 6) is -0.375. The molecule has 168 valence electrons. The van der Waals surface area contributed by atoms with Crippen LogP contribution in [0.15, 0.2) is 42.5 Å². The van der Waals surface area contributed by atoms with Gasteiger partial charge in [0.1, 0.15) is 11.8 Å². The van der Waals surface area contributed by atoms with Crippen molar-refractivity contribution in [2.75, 3.05) is 13.1 Å². The predicted octanol–water partition coefficient (Wildman–Crippen LogP) is 1.32. The first kappa shape index (κ1) is 24.4. The number of aromatic hydroxyl groups is 1. The highest BCUT2D eigenvalue weighted by Crippen LogP contribution is 2.21. The molecule has 0 heterocycles. The number of phenols is 1. The summed E-state index contributed by atoms with van der Waals surface area (Å²) in [5.41, 5.74) is 15.8. The third-order valence-electron chi connectivity index (χ3n) is 5.46. The molecule has 2 aromatic rings. The monoisotopic (exact) mass is 426 g/mol. The molecule has 0 bridgehead atoms. The lowest BCUT2D eigenvalue weighted by Crippen LogP contribution is -2.51. The third kappa shape index (κ3) is 7.38. The van der Waals surface area contributed by atoms with Crippen LogP contribution in [-0.2, 0) is 22.4 Å². The summed E-state index contributed by atoms with van der Waals surface area (Å²) in [4.78, 5) is 24.9. The number of benzene rings is 2. The van der Waals surface area contributed by atoms with Crippen molar-refractivity contribution in [3.8, 4) is 5.75 Å². The van der Waals surface area contributed by atoms with Crippen molar-refractivity contribution in [3.05, 3.63) is 64.7 Å². The van der Waals surface area contributed by atoms with Gasteiger partial charge in [0.25, 0.3) is 0 Å². The number of phenolic OH excluding ortho intramolecular Hbond substituents is 1. The molecule has 7 N–H and O–H groups in total. The van der Waals surface area contributed by atoms with Gasteiger partial charge in [-0.3, -0.25) is 9.59 Å². The second-order valence-corrected chi connectivity index (χ2v) is 8.14. The van der Waals surface area contributed by atoms with Gasteiger partial charge in [0.2, 0.25) is 11.8 Å². The standard InChI is InChI=1S/C24H34N4O3/c1-15-9-20(29)10-16(2)21(15)12-22(26)24(31)28-17(3)23(30)27-14-19(13-25)11-18-7-5-4-6-8-18/h4-10,17,19,22,29H,11-14,25-26H2,1-3H3,(H,27,30)(H,28,31)/t17-,19?,22+/m1/s1. The number of aryl methyl sites for hydroxylation is 2. The summed E-state index contributed by atoms with van der Waals surface area (Å²) in [6.45, 7) is 6.25. The van der Waals surface area contributed by atoms with Gasteiger partial charge in [-0.2, -0.15) is 0 Å². The van der Waals surface area contributed by atoms with E-state index in [-0.39, 0.29) is 17.6 Å². The number of rotatable bonds is 10. The van der Waals surface area contributed by atoms with Crippen LogP contribution in [0.25, 0.3) is 0 Å². The number of nitrogens with one attached hydrogen (secondary N) is 2. The van der Waals surface area contributed by atoms with E-state index in [1.807, 2.05) is 44.2 Å². The van der Waals surface area contributed by atoms with Crippen LogP contribution in [0.5, 0.6) is 5.75 Å². The Kier molecular flexibility index (Phi) is 9.03. The number of hydrogen-bond acceptors (Lipinski definition) is 5. The van der Waals surface area contributed by atoms with Crippen LogP contribution in [0, 0.1) is 19.8 Å². The van der Waals surface area contributed by atoms with Gasteiger partial charge in [-0.15, -0.1) is 0 Å². The first-order chi connectivity index (χ1) is 14.7. The van der Waals surface area contributed by atoms with Gasteiger partial charge in [0.05, 0.1) is 6.04 Å². The van der Waals surface area contributed by atoms with Crippen LogP contribution in [-0.4, -0.2) is 42.1 Å². The molecule has 0 aromatic heterocycles. The highest BCUT2D eigenvalue weighted by atomic mass is 16.3. The number of carbonyl (C=O) groups excluding carboxylic acids is 2. The summed E-state index contributed by atoms with van der Waals surface area (Å²) in [6.07, 6.45) is 1.10. The van der Waals surface area contributed by atoms with Crippen LogP contribution in [0.4, 0.5) is 0 Å². The predicted molar refractivity (Wildman–Crippen MR) is 123 cm³/mol. The Balaban J connectivity index is 1.85. The van der Waals surface area contributed by atoms with Crippen molar-refractivity contribution in [2.45, 2.75) is 45.7 Å². The molecule has 2 amide bonds. The third-order valence-corrected chi connectivity index (χ3v) is 5.46. The summed E-state index contributed by atoms with van der Waals surface area (Å²) in [7, 11) is 0. The molecule has 1 unspecified atom stereocenters. The van der Waals surface area contributed by atoms with E-state index in [0.717, 1.165) is 23.1 Å². The number of nitrogens with two attached hydrogens (primary N) is 2. The number of amides is 2. The van der Waals surface area contributed by atoms with Crippen LogP contribution < -0.4 is 22.1 Å². The maximum absolute atomic E-state index is 12.5. The van der Waals surface area contributed by atoms with Crippen molar-refractivity contribution in [3.63, 3.8) is 0 Å². The van der Waals surface area contributed by atoms with E-state index in [1.54, 1.807) is 19.1 Å². The summed E-state index contributed by atoms with van der Waals surface area (Å²) in [5, 5.41) is 15.2. The fourth-order valence-electron chi connectivity index (χ4n) is 3.58. The maximum Gasteiger partial charge on any atom is 0.242 e. The van der Waals surface area contributed by atoms with E-state index >= 15 is 0 Å². The lowest BCUT2D eigenvalue weighted by Gasteiger charge is -2.21. The largest absolute Gasteiger partial charge is 0.508 e. The SMILES string of the molecule is Cc1cc(O)cc(C)c1C[C@H](N)C(=O)N[C@H](C)C(=O)NCC(CN)Cc1ccccc1. The van der Waals surface area contributed by atoms with E-state index in [1.165, 1.54) is 5.56 Å². The molecule has 3 atom stereocenters. The van der Waals surface area contributed by atoms with Gasteiger partial charge < -0.3 is 27.2 Å². The molecule has 7 heteroatoms. The Hall–Kier alpha value is -2.90. The molecule has 0 aliphatic carbocycles. The Morgan fingerprint density at radius 1 is 1.03 bits per heavy atom. The van der Waals surface area contributed by atoms with Gasteiger partial charge >= 0.3 is 0 Å². The molecule has 0 saturated heterocycles. The van der Waals surface area contributed by atoms with Crippen molar-refractivity contribution < 1.29 is 14.7 Å². The molecule has 31 heavy (non-hydrogen) atoms. The Morgan fingerprint density at radius 3 is 2.23 bits per heavy atom. The average molecular weight is 427 g/mol. The quantitative estimate of drug-likeness (QED) is 0.391. The fraction of sp³-hybridized carbons (Fsp3) is 0.417. The zero-order chi connectivity index (χ0) is 23.0. The highest BCUT2D eigenvalue weighted by molar-refractivity contribution is 5.89. The van der Waals surface area contributed by atoms with Crippen LogP contribution in [0.1, 0.15) is 29.2 Å². The molecule has 0 fully saturated rings. The zero-order valence-electron chi connectivity index (χ0n) is 18.5. The molecule has 0 saturated carbocycles. The molecule has 0 aliphatic heterocycles. The normalized spacial score (nSPS) is 13.8. The smallest absolute Gasteiger partial charge is 0.242 e. The molecule has 2 aromatic carbocycles. The summed E-state index contributed by atoms with van der Waals surface area (Å²) in [6, 6.07) is 11.8. The van der Waals surface area contributed by atoms with E-state index in [9.17, 15) is 14.7 Å². The molecule has 0 spiro atoms. The molecule has 2 rings (SSSR count). The Bertz CT molecular complexity index is 863. The number of carbonyl (C=O) groups is 2. The van der Waals surface area contributed by atoms with Crippen molar-refractivity contribution in [1.82, 2.24) is 10.6 Å². The second kappa shape index (κ2) is 11.5. The number of hydrogen-bond donors (Lipinski definition) is 5. The van der Waals surface area contributed by atoms with Gasteiger partial charge in [-0.05, 0) is 80.5 Å². The van der Waals surface area contributed by atoms with E-state index < -0.39 is 18.0 Å². The van der Waals surface area contributed by atoms with E-state index in [2.05, 4.69) is 10.6 Å². The minimum Gasteiger partial charge on any atom is -0.508 e. The van der Waals surface area contributed by atoms with Gasteiger partial charge in [0, 0.05) is 6.54 Å². The fourth-order valence-corrected chi connectivity index (χ4v) is 3.58. The minimum atomic E-state index is -0.799. The molecular formula is C24H34N4O3. The van der Waals surface area contributed by atoms with Gasteiger partial charge in [-0.1, -0.05) is 30.3 Å². The molecular weight excluding hydrogens is 392 g/mol. The molecule has 0 aliphatic rings. The second-order valence-electron chi connectivity index (χ2n) is 8.14. The Morgan fingerprint density at radius 2 is 1.65 bits per heavy atom. The van der Waals surface area contributed by atoms with Crippen LogP contribution in [0.2, 0.25) is 0 Å². The zero-order valence-corrected chi connectivity index (χ0v) is 18.5. The van der Waals surface area contributed by atoms with Crippen molar-refractivity contribution >= 4 is 11.8 Å². The Labute approximate surface area is 184 Å². The maximum atomic E-state index is 12.5. The summed E-state index contributed by atoms with van der Waals surface area (Å²) >= 11 is 0. The highest BCUT2D eigenvalue weighted by Gasteiger charge is 2.22. The molecule has 7 nitrogen and oxygen atoms in total. The first-order valence-electron chi connectivity index (χ1n) is 10.6. The lowest BCUT2D eigenvalue weighted by molar-refractivity contribution is -0.129. The van der Waals surface area contributed by atoms with E-state index in [0.29, 0.717) is 19.5 Å². The molecule has 0 radical (unpaired) electrons. The van der Waals surface area contributed by atoms with Crippen molar-refractivity contribution in [2.24, 2.45) is 17.4 Å². The average Bonchev–Trinajstić information content (AvgIpc) is 2.73. The van der Waals surface area contributed by atoms with Crippen LogP contribution in [0.3, 0.4) is 0 Å². The van der Waals surface area contributed by atoms with Gasteiger partial charge in [0.15, 0.2) is 0 Å². The first-order valence-corrected chi connectivity index (χ1v) is 10.6. The van der Waals surface area contributed by atoms with Gasteiger partial charge in [-0.25, -0.2) is 0 Å². The van der Waals surface area contributed by atoms with Crippen molar-refractivity contribution in [1.29, 1.82) is 0 Å². The summed E-state index contributed by atoms with van der Waals surface area (Å²) < 4.78 is 0. The topological polar surface area (TPSA) is 130 Å². The van der Waals surface area contributed by atoms with Crippen LogP contribution >= 0.6 is 0 Å². The lowest BCUT2D eigenvalue weighted by atomic mass is 9.96.